The summed E-state index contributed by atoms with van der Waals surface area (Å²) < 4.78 is 0. The van der Waals surface area contributed by atoms with Gasteiger partial charge in [-0.25, -0.2) is 4.79 Å². The number of carbonyl (C=O) groups is 1. The molecule has 4 heteroatoms. The van der Waals surface area contributed by atoms with E-state index in [9.17, 15) is 9.90 Å². The van der Waals surface area contributed by atoms with Crippen molar-refractivity contribution in [3.05, 3.63) is 0 Å². The number of urea groups is 1. The summed E-state index contributed by atoms with van der Waals surface area (Å²) in [6.07, 6.45) is 11.2. The maximum Gasteiger partial charge on any atom is 0.315 e. The number of aliphatic hydroxyl groups excluding tert-OH is 1. The molecule has 0 saturated heterocycles. The topological polar surface area (TPSA) is 61.4 Å². The van der Waals surface area contributed by atoms with E-state index in [1.54, 1.807) is 0 Å². The highest BCUT2D eigenvalue weighted by atomic mass is 16.3. The van der Waals surface area contributed by atoms with E-state index in [0.717, 1.165) is 50.4 Å². The van der Waals surface area contributed by atoms with E-state index < -0.39 is 0 Å². The lowest BCUT2D eigenvalue weighted by molar-refractivity contribution is 0.0936. The summed E-state index contributed by atoms with van der Waals surface area (Å²) in [5, 5.41) is 16.0. The molecule has 114 valence electrons. The summed E-state index contributed by atoms with van der Waals surface area (Å²) in [5.41, 5.74) is 0. The Kier molecular flexibility index (Phi) is 4.49. The third kappa shape index (κ3) is 3.66. The van der Waals surface area contributed by atoms with Crippen LogP contribution in [0.25, 0.3) is 0 Å². The van der Waals surface area contributed by atoms with Crippen molar-refractivity contribution in [2.75, 3.05) is 0 Å². The largest absolute Gasteiger partial charge is 0.391 e. The average molecular weight is 280 g/mol. The predicted molar refractivity (Wildman–Crippen MR) is 78.4 cm³/mol. The molecule has 3 N–H and O–H groups in total. The first-order valence-corrected chi connectivity index (χ1v) is 8.47. The molecule has 0 aliphatic heterocycles. The van der Waals surface area contributed by atoms with Crippen molar-refractivity contribution >= 4 is 6.03 Å². The second-order valence-electron chi connectivity index (χ2n) is 7.04. The van der Waals surface area contributed by atoms with Crippen LogP contribution in [-0.2, 0) is 0 Å². The van der Waals surface area contributed by atoms with Crippen LogP contribution in [0.5, 0.6) is 0 Å². The van der Waals surface area contributed by atoms with Crippen LogP contribution in [0.15, 0.2) is 0 Å². The molecule has 3 aliphatic rings. The Bertz CT molecular complexity index is 343. The Labute approximate surface area is 121 Å². The fraction of sp³-hybridized carbons (Fsp3) is 0.938. The standard InChI is InChI=1S/C16H28N2O2/c19-15-7-2-1-6-14(15)18-16(20)17-13-5-3-4-12(10-13)11-8-9-11/h11-15,19H,1-10H2,(H2,17,18,20). The lowest BCUT2D eigenvalue weighted by Crippen LogP contribution is -2.51. The normalized spacial score (nSPS) is 38.2. The maximum absolute atomic E-state index is 12.1. The van der Waals surface area contributed by atoms with Crippen LogP contribution in [-0.4, -0.2) is 29.3 Å². The molecule has 0 aromatic rings. The minimum Gasteiger partial charge on any atom is -0.391 e. The van der Waals surface area contributed by atoms with Crippen molar-refractivity contribution in [3.63, 3.8) is 0 Å². The van der Waals surface area contributed by atoms with Crippen molar-refractivity contribution in [2.45, 2.75) is 82.4 Å². The second-order valence-corrected chi connectivity index (χ2v) is 7.04. The van der Waals surface area contributed by atoms with Gasteiger partial charge in [-0.05, 0) is 50.4 Å². The molecule has 4 unspecified atom stereocenters. The Morgan fingerprint density at radius 2 is 1.65 bits per heavy atom. The Morgan fingerprint density at radius 3 is 2.40 bits per heavy atom. The van der Waals surface area contributed by atoms with Gasteiger partial charge in [-0.2, -0.15) is 0 Å². The number of amides is 2. The van der Waals surface area contributed by atoms with Gasteiger partial charge in [-0.15, -0.1) is 0 Å². The highest BCUT2D eigenvalue weighted by molar-refractivity contribution is 5.74. The van der Waals surface area contributed by atoms with Crippen molar-refractivity contribution in [1.29, 1.82) is 0 Å². The summed E-state index contributed by atoms with van der Waals surface area (Å²) in [6.45, 7) is 0. The summed E-state index contributed by atoms with van der Waals surface area (Å²) >= 11 is 0. The molecule has 0 radical (unpaired) electrons. The van der Waals surface area contributed by atoms with Gasteiger partial charge in [0, 0.05) is 6.04 Å². The first-order chi connectivity index (χ1) is 9.72. The SMILES string of the molecule is O=C(NC1CCCC(C2CC2)C1)NC1CCCCC1O. The fourth-order valence-electron chi connectivity index (χ4n) is 4.03. The number of aliphatic hydroxyl groups is 1. The molecule has 0 spiro atoms. The van der Waals surface area contributed by atoms with E-state index in [0.29, 0.717) is 6.04 Å². The van der Waals surface area contributed by atoms with Crippen molar-refractivity contribution < 1.29 is 9.90 Å². The smallest absolute Gasteiger partial charge is 0.315 e. The van der Waals surface area contributed by atoms with Crippen LogP contribution in [0.1, 0.15) is 64.2 Å². The van der Waals surface area contributed by atoms with Gasteiger partial charge < -0.3 is 15.7 Å². The quantitative estimate of drug-likeness (QED) is 0.744. The highest BCUT2D eigenvalue weighted by Crippen LogP contribution is 2.43. The van der Waals surface area contributed by atoms with Gasteiger partial charge in [0.15, 0.2) is 0 Å². The molecule has 4 nitrogen and oxygen atoms in total. The average Bonchev–Trinajstić information content (AvgIpc) is 3.26. The fourth-order valence-corrected chi connectivity index (χ4v) is 4.03. The summed E-state index contributed by atoms with van der Waals surface area (Å²) in [6, 6.07) is 0.221. The van der Waals surface area contributed by atoms with Gasteiger partial charge in [0.1, 0.15) is 0 Å². The zero-order valence-corrected chi connectivity index (χ0v) is 12.3. The van der Waals surface area contributed by atoms with Gasteiger partial charge >= 0.3 is 6.03 Å². The molecule has 0 heterocycles. The maximum atomic E-state index is 12.1. The number of hydrogen-bond acceptors (Lipinski definition) is 2. The molecule has 3 fully saturated rings. The van der Waals surface area contributed by atoms with E-state index in [1.165, 1.54) is 25.7 Å². The first kappa shape index (κ1) is 14.2. The molecule has 2 amide bonds. The van der Waals surface area contributed by atoms with Gasteiger partial charge in [-0.1, -0.05) is 25.7 Å². The van der Waals surface area contributed by atoms with Crippen LogP contribution in [0.2, 0.25) is 0 Å². The van der Waals surface area contributed by atoms with Crippen LogP contribution < -0.4 is 10.6 Å². The van der Waals surface area contributed by atoms with E-state index in [-0.39, 0.29) is 18.2 Å². The molecule has 0 bridgehead atoms. The minimum atomic E-state index is -0.361. The Balaban J connectivity index is 1.43. The number of hydrogen-bond donors (Lipinski definition) is 3. The third-order valence-electron chi connectivity index (χ3n) is 5.38. The van der Waals surface area contributed by atoms with Gasteiger partial charge in [-0.3, -0.25) is 0 Å². The summed E-state index contributed by atoms with van der Waals surface area (Å²) in [7, 11) is 0. The van der Waals surface area contributed by atoms with E-state index in [4.69, 9.17) is 0 Å². The molecule has 4 atom stereocenters. The van der Waals surface area contributed by atoms with Crippen molar-refractivity contribution in [3.8, 4) is 0 Å². The van der Waals surface area contributed by atoms with Gasteiger partial charge in [0.25, 0.3) is 0 Å². The molecular weight excluding hydrogens is 252 g/mol. The lowest BCUT2D eigenvalue weighted by Gasteiger charge is -2.32. The molecule has 0 aromatic carbocycles. The minimum absolute atomic E-state index is 0.0495. The number of rotatable bonds is 3. The predicted octanol–water partition coefficient (Wildman–Crippen LogP) is 2.56. The summed E-state index contributed by atoms with van der Waals surface area (Å²) in [5.74, 6) is 1.79. The molecule has 3 saturated carbocycles. The zero-order valence-electron chi connectivity index (χ0n) is 12.3. The molecular formula is C16H28N2O2. The first-order valence-electron chi connectivity index (χ1n) is 8.47. The van der Waals surface area contributed by atoms with Crippen LogP contribution in [0.4, 0.5) is 4.79 Å². The second kappa shape index (κ2) is 6.33. The van der Waals surface area contributed by atoms with E-state index in [2.05, 4.69) is 10.6 Å². The van der Waals surface area contributed by atoms with Crippen LogP contribution in [0.3, 0.4) is 0 Å². The van der Waals surface area contributed by atoms with Crippen LogP contribution >= 0.6 is 0 Å². The summed E-state index contributed by atoms with van der Waals surface area (Å²) in [4.78, 5) is 12.1. The van der Waals surface area contributed by atoms with Crippen LogP contribution in [0, 0.1) is 11.8 Å². The Hall–Kier alpha value is -0.770. The molecule has 3 aliphatic carbocycles. The van der Waals surface area contributed by atoms with Crippen molar-refractivity contribution in [2.24, 2.45) is 11.8 Å². The number of nitrogens with one attached hydrogen (secondary N) is 2. The van der Waals surface area contributed by atoms with E-state index >= 15 is 0 Å². The van der Waals surface area contributed by atoms with E-state index in [1.807, 2.05) is 0 Å². The number of carbonyl (C=O) groups excluding carboxylic acids is 1. The molecule has 20 heavy (non-hydrogen) atoms. The van der Waals surface area contributed by atoms with Gasteiger partial charge in [0.05, 0.1) is 12.1 Å². The molecule has 3 rings (SSSR count). The Morgan fingerprint density at radius 1 is 0.850 bits per heavy atom. The molecule has 0 aromatic heterocycles. The third-order valence-corrected chi connectivity index (χ3v) is 5.38. The lowest BCUT2D eigenvalue weighted by atomic mass is 9.83. The zero-order chi connectivity index (χ0) is 13.9. The van der Waals surface area contributed by atoms with Crippen molar-refractivity contribution in [1.82, 2.24) is 10.6 Å². The monoisotopic (exact) mass is 280 g/mol. The van der Waals surface area contributed by atoms with Gasteiger partial charge in [0.2, 0.25) is 0 Å². The highest BCUT2D eigenvalue weighted by Gasteiger charge is 2.35.